The van der Waals surface area contributed by atoms with Crippen molar-refractivity contribution in [3.63, 3.8) is 0 Å². The Morgan fingerprint density at radius 1 is 1.50 bits per heavy atom. The van der Waals surface area contributed by atoms with Gasteiger partial charge in [0.05, 0.1) is 5.69 Å². The Labute approximate surface area is 121 Å². The number of aromatic nitrogens is 2. The summed E-state index contributed by atoms with van der Waals surface area (Å²) in [5.41, 5.74) is 3.51. The summed E-state index contributed by atoms with van der Waals surface area (Å²) in [6, 6.07) is 0. The van der Waals surface area contributed by atoms with Crippen LogP contribution in [0.5, 0.6) is 0 Å². The molecule has 2 heterocycles. The number of rotatable bonds is 6. The third-order valence-electron chi connectivity index (χ3n) is 4.30. The third kappa shape index (κ3) is 3.82. The standard InChI is InChI=1S/C15H26N4O/c1-11-14(12(2)19(3)18-11)7-9-17-15(20)5-4-13-6-8-16-10-13/h13,16H,4-10H2,1-3H3,(H,17,20). The maximum Gasteiger partial charge on any atom is 0.220 e. The summed E-state index contributed by atoms with van der Waals surface area (Å²) in [4.78, 5) is 11.8. The topological polar surface area (TPSA) is 59.0 Å². The Morgan fingerprint density at radius 2 is 2.30 bits per heavy atom. The largest absolute Gasteiger partial charge is 0.356 e. The van der Waals surface area contributed by atoms with Crippen LogP contribution in [0.25, 0.3) is 0 Å². The minimum Gasteiger partial charge on any atom is -0.356 e. The number of nitrogens with zero attached hydrogens (tertiary/aromatic N) is 2. The van der Waals surface area contributed by atoms with Crippen LogP contribution in [0.4, 0.5) is 0 Å². The Kier molecular flexibility index (Phi) is 5.17. The van der Waals surface area contributed by atoms with E-state index in [1.807, 2.05) is 18.7 Å². The van der Waals surface area contributed by atoms with E-state index in [0.717, 1.165) is 31.6 Å². The minimum absolute atomic E-state index is 0.177. The van der Waals surface area contributed by atoms with Crippen molar-refractivity contribution in [1.29, 1.82) is 0 Å². The molecular formula is C15H26N4O. The van der Waals surface area contributed by atoms with E-state index in [1.165, 1.54) is 17.7 Å². The molecule has 2 rings (SSSR count). The SMILES string of the molecule is Cc1nn(C)c(C)c1CCNC(=O)CCC1CCNC1. The molecule has 112 valence electrons. The smallest absolute Gasteiger partial charge is 0.220 e. The fourth-order valence-corrected chi connectivity index (χ4v) is 2.89. The molecule has 5 nitrogen and oxygen atoms in total. The zero-order valence-corrected chi connectivity index (χ0v) is 12.8. The van der Waals surface area contributed by atoms with Crippen LogP contribution < -0.4 is 10.6 Å². The van der Waals surface area contributed by atoms with Gasteiger partial charge >= 0.3 is 0 Å². The Balaban J connectivity index is 1.68. The highest BCUT2D eigenvalue weighted by Crippen LogP contribution is 2.14. The molecule has 0 aromatic carbocycles. The summed E-state index contributed by atoms with van der Waals surface area (Å²) in [5, 5.41) is 10.8. The molecule has 0 radical (unpaired) electrons. The van der Waals surface area contributed by atoms with Gasteiger partial charge in [-0.05, 0) is 57.7 Å². The summed E-state index contributed by atoms with van der Waals surface area (Å²) < 4.78 is 1.90. The van der Waals surface area contributed by atoms with Gasteiger partial charge in [0, 0.05) is 25.7 Å². The van der Waals surface area contributed by atoms with Crippen LogP contribution in [0.2, 0.25) is 0 Å². The maximum atomic E-state index is 11.8. The predicted molar refractivity (Wildman–Crippen MR) is 79.6 cm³/mol. The highest BCUT2D eigenvalue weighted by Gasteiger charge is 2.15. The number of carbonyl (C=O) groups is 1. The number of aryl methyl sites for hydroxylation is 2. The lowest BCUT2D eigenvalue weighted by molar-refractivity contribution is -0.121. The first kappa shape index (κ1) is 15.0. The van der Waals surface area contributed by atoms with E-state index in [1.54, 1.807) is 0 Å². The predicted octanol–water partition coefficient (Wildman–Crippen LogP) is 1.09. The van der Waals surface area contributed by atoms with Crippen LogP contribution in [-0.2, 0) is 18.3 Å². The highest BCUT2D eigenvalue weighted by molar-refractivity contribution is 5.75. The third-order valence-corrected chi connectivity index (χ3v) is 4.30. The van der Waals surface area contributed by atoms with Gasteiger partial charge in [0.2, 0.25) is 5.91 Å². The van der Waals surface area contributed by atoms with Crippen LogP contribution >= 0.6 is 0 Å². The molecule has 1 saturated heterocycles. The van der Waals surface area contributed by atoms with Crippen LogP contribution in [-0.4, -0.2) is 35.3 Å². The van der Waals surface area contributed by atoms with E-state index in [4.69, 9.17) is 0 Å². The quantitative estimate of drug-likeness (QED) is 0.819. The monoisotopic (exact) mass is 278 g/mol. The van der Waals surface area contributed by atoms with Crippen molar-refractivity contribution >= 4 is 5.91 Å². The molecule has 1 unspecified atom stereocenters. The lowest BCUT2D eigenvalue weighted by Crippen LogP contribution is -2.26. The molecule has 1 aliphatic rings. The number of carbonyl (C=O) groups excluding carboxylic acids is 1. The molecule has 1 atom stereocenters. The van der Waals surface area contributed by atoms with E-state index in [0.29, 0.717) is 18.9 Å². The highest BCUT2D eigenvalue weighted by atomic mass is 16.1. The van der Waals surface area contributed by atoms with E-state index in [-0.39, 0.29) is 5.91 Å². The molecule has 5 heteroatoms. The summed E-state index contributed by atoms with van der Waals surface area (Å²) in [5.74, 6) is 0.861. The Bertz CT molecular complexity index is 461. The Morgan fingerprint density at radius 3 is 2.90 bits per heavy atom. The first-order valence-corrected chi connectivity index (χ1v) is 7.54. The number of nitrogens with one attached hydrogen (secondary N) is 2. The van der Waals surface area contributed by atoms with Gasteiger partial charge in [-0.2, -0.15) is 5.10 Å². The number of amides is 1. The van der Waals surface area contributed by atoms with E-state index in [9.17, 15) is 4.79 Å². The van der Waals surface area contributed by atoms with Crippen LogP contribution in [0.15, 0.2) is 0 Å². The van der Waals surface area contributed by atoms with Gasteiger partial charge in [0.25, 0.3) is 0 Å². The molecule has 0 saturated carbocycles. The van der Waals surface area contributed by atoms with Gasteiger partial charge in [-0.1, -0.05) is 0 Å². The second kappa shape index (κ2) is 6.88. The fraction of sp³-hybridized carbons (Fsp3) is 0.733. The second-order valence-corrected chi connectivity index (χ2v) is 5.77. The van der Waals surface area contributed by atoms with Gasteiger partial charge in [-0.3, -0.25) is 9.48 Å². The minimum atomic E-state index is 0.177. The van der Waals surface area contributed by atoms with E-state index < -0.39 is 0 Å². The molecule has 1 amide bonds. The molecule has 20 heavy (non-hydrogen) atoms. The average Bonchev–Trinajstić information content (AvgIpc) is 3.00. The number of hydrogen-bond donors (Lipinski definition) is 2. The summed E-state index contributed by atoms with van der Waals surface area (Å²) >= 11 is 0. The molecule has 2 N–H and O–H groups in total. The van der Waals surface area contributed by atoms with E-state index in [2.05, 4.69) is 22.7 Å². The molecular weight excluding hydrogens is 252 g/mol. The molecule has 1 aliphatic heterocycles. The van der Waals surface area contributed by atoms with Crippen molar-refractivity contribution in [3.05, 3.63) is 17.0 Å². The maximum absolute atomic E-state index is 11.8. The molecule has 1 aromatic rings. The van der Waals surface area contributed by atoms with Gasteiger partial charge in [0.15, 0.2) is 0 Å². The average molecular weight is 278 g/mol. The first-order valence-electron chi connectivity index (χ1n) is 7.54. The molecule has 1 aromatic heterocycles. The zero-order valence-electron chi connectivity index (χ0n) is 12.8. The fourth-order valence-electron chi connectivity index (χ4n) is 2.89. The molecule has 0 spiro atoms. The van der Waals surface area contributed by atoms with Gasteiger partial charge in [0.1, 0.15) is 0 Å². The normalized spacial score (nSPS) is 18.4. The van der Waals surface area contributed by atoms with Crippen LogP contribution in [0.3, 0.4) is 0 Å². The van der Waals surface area contributed by atoms with Crippen molar-refractivity contribution in [3.8, 4) is 0 Å². The molecule has 0 bridgehead atoms. The summed E-state index contributed by atoms with van der Waals surface area (Å²) in [6.07, 6.45) is 3.73. The van der Waals surface area contributed by atoms with Crippen molar-refractivity contribution in [2.45, 2.75) is 39.5 Å². The number of hydrogen-bond acceptors (Lipinski definition) is 3. The lowest BCUT2D eigenvalue weighted by atomic mass is 10.0. The second-order valence-electron chi connectivity index (χ2n) is 5.77. The van der Waals surface area contributed by atoms with Crippen molar-refractivity contribution in [2.24, 2.45) is 13.0 Å². The van der Waals surface area contributed by atoms with Crippen molar-refractivity contribution < 1.29 is 4.79 Å². The van der Waals surface area contributed by atoms with Gasteiger partial charge in [-0.25, -0.2) is 0 Å². The first-order chi connectivity index (χ1) is 9.58. The van der Waals surface area contributed by atoms with Crippen LogP contribution in [0, 0.1) is 19.8 Å². The summed E-state index contributed by atoms with van der Waals surface area (Å²) in [6.45, 7) is 6.98. The van der Waals surface area contributed by atoms with Crippen LogP contribution in [0.1, 0.15) is 36.2 Å². The summed E-state index contributed by atoms with van der Waals surface area (Å²) in [7, 11) is 1.96. The molecule has 0 aliphatic carbocycles. The van der Waals surface area contributed by atoms with Gasteiger partial charge < -0.3 is 10.6 Å². The molecule has 1 fully saturated rings. The van der Waals surface area contributed by atoms with Crippen molar-refractivity contribution in [1.82, 2.24) is 20.4 Å². The lowest BCUT2D eigenvalue weighted by Gasteiger charge is -2.09. The zero-order chi connectivity index (χ0) is 14.5. The van der Waals surface area contributed by atoms with Crippen molar-refractivity contribution in [2.75, 3.05) is 19.6 Å². The van der Waals surface area contributed by atoms with E-state index >= 15 is 0 Å². The Hall–Kier alpha value is -1.36. The van der Waals surface area contributed by atoms with Gasteiger partial charge in [-0.15, -0.1) is 0 Å².